The number of nitrogens with one attached hydrogen (secondary N) is 1. The Morgan fingerprint density at radius 1 is 0.950 bits per heavy atom. The van der Waals surface area contributed by atoms with Gasteiger partial charge >= 0.3 is 0 Å². The van der Waals surface area contributed by atoms with E-state index in [2.05, 4.69) is 5.32 Å². The molecule has 0 fully saturated rings. The molecule has 0 radical (unpaired) electrons. The van der Waals surface area contributed by atoms with E-state index in [1.807, 2.05) is 0 Å². The van der Waals surface area contributed by atoms with E-state index in [1.165, 1.54) is 12.1 Å². The van der Waals surface area contributed by atoms with Crippen molar-refractivity contribution in [1.29, 1.82) is 0 Å². The Morgan fingerprint density at radius 2 is 1.60 bits per heavy atom. The van der Waals surface area contributed by atoms with Crippen LogP contribution in [0.2, 0.25) is 15.1 Å². The molecule has 0 aliphatic carbocycles. The molecule has 4 nitrogen and oxygen atoms in total. The van der Waals surface area contributed by atoms with E-state index < -0.39 is 5.91 Å². The summed E-state index contributed by atoms with van der Waals surface area (Å²) in [5.41, 5.74) is 12.7. The van der Waals surface area contributed by atoms with Crippen molar-refractivity contribution in [2.24, 2.45) is 5.73 Å². The van der Waals surface area contributed by atoms with Gasteiger partial charge in [0.2, 0.25) is 0 Å². The molecule has 0 aromatic heterocycles. The SMILES string of the molecule is NC(=O)c1ccc(N)cc1Nc1cc(Cl)c(Cl)cc1Cl. The first-order valence-electron chi connectivity index (χ1n) is 5.49. The molecule has 0 heterocycles. The van der Waals surface area contributed by atoms with E-state index >= 15 is 0 Å². The molecule has 0 aliphatic rings. The minimum absolute atomic E-state index is 0.293. The predicted molar refractivity (Wildman–Crippen MR) is 84.1 cm³/mol. The van der Waals surface area contributed by atoms with Gasteiger partial charge in [0.25, 0.3) is 5.91 Å². The van der Waals surface area contributed by atoms with Gasteiger partial charge in [-0.25, -0.2) is 0 Å². The molecule has 0 atom stereocenters. The Balaban J connectivity index is 2.47. The van der Waals surface area contributed by atoms with Crippen molar-refractivity contribution in [3.63, 3.8) is 0 Å². The highest BCUT2D eigenvalue weighted by Crippen LogP contribution is 2.34. The van der Waals surface area contributed by atoms with Crippen molar-refractivity contribution in [2.45, 2.75) is 0 Å². The fraction of sp³-hybridized carbons (Fsp3) is 0. The maximum atomic E-state index is 11.4. The molecule has 0 spiro atoms. The molecule has 104 valence electrons. The van der Waals surface area contributed by atoms with Crippen LogP contribution in [0.5, 0.6) is 0 Å². The second-order valence-electron chi connectivity index (χ2n) is 4.04. The van der Waals surface area contributed by atoms with Crippen LogP contribution in [0.4, 0.5) is 17.1 Å². The summed E-state index contributed by atoms with van der Waals surface area (Å²) in [6.45, 7) is 0. The highest BCUT2D eigenvalue weighted by atomic mass is 35.5. The number of rotatable bonds is 3. The Labute approximate surface area is 130 Å². The molecular weight excluding hydrogens is 321 g/mol. The van der Waals surface area contributed by atoms with Gasteiger partial charge in [-0.05, 0) is 30.3 Å². The van der Waals surface area contributed by atoms with Crippen molar-refractivity contribution >= 4 is 57.8 Å². The monoisotopic (exact) mass is 329 g/mol. The highest BCUT2D eigenvalue weighted by molar-refractivity contribution is 6.44. The van der Waals surface area contributed by atoms with E-state index in [-0.39, 0.29) is 0 Å². The zero-order valence-electron chi connectivity index (χ0n) is 10.1. The van der Waals surface area contributed by atoms with Crippen LogP contribution in [0, 0.1) is 0 Å². The first kappa shape index (κ1) is 14.8. The number of carbonyl (C=O) groups excluding carboxylic acids is 1. The highest BCUT2D eigenvalue weighted by Gasteiger charge is 2.12. The van der Waals surface area contributed by atoms with Crippen molar-refractivity contribution in [2.75, 3.05) is 11.1 Å². The smallest absolute Gasteiger partial charge is 0.250 e. The summed E-state index contributed by atoms with van der Waals surface area (Å²) in [7, 11) is 0. The number of nitrogen functional groups attached to an aromatic ring is 1. The summed E-state index contributed by atoms with van der Waals surface area (Å²) in [6, 6.07) is 7.76. The molecule has 1 amide bonds. The molecule has 0 unspecified atom stereocenters. The van der Waals surface area contributed by atoms with Gasteiger partial charge in [0.15, 0.2) is 0 Å². The number of amides is 1. The van der Waals surface area contributed by atoms with Gasteiger partial charge in [-0.1, -0.05) is 34.8 Å². The number of hydrogen-bond donors (Lipinski definition) is 3. The van der Waals surface area contributed by atoms with Crippen LogP contribution in [-0.2, 0) is 0 Å². The third-order valence-corrected chi connectivity index (χ3v) is 3.62. The number of primary amides is 1. The molecule has 20 heavy (non-hydrogen) atoms. The van der Waals surface area contributed by atoms with E-state index in [1.54, 1.807) is 18.2 Å². The third-order valence-electron chi connectivity index (χ3n) is 2.59. The van der Waals surface area contributed by atoms with Crippen LogP contribution in [0.15, 0.2) is 30.3 Å². The van der Waals surface area contributed by atoms with Crippen LogP contribution in [0.25, 0.3) is 0 Å². The lowest BCUT2D eigenvalue weighted by Gasteiger charge is -2.13. The summed E-state index contributed by atoms with van der Waals surface area (Å²) in [6.07, 6.45) is 0. The third kappa shape index (κ3) is 3.10. The molecule has 0 bridgehead atoms. The number of nitrogens with two attached hydrogens (primary N) is 2. The van der Waals surface area contributed by atoms with Gasteiger partial charge in [0.1, 0.15) is 0 Å². The quantitative estimate of drug-likeness (QED) is 0.586. The average Bonchev–Trinajstić information content (AvgIpc) is 2.35. The molecule has 7 heteroatoms. The molecule has 0 saturated carbocycles. The zero-order chi connectivity index (χ0) is 14.9. The van der Waals surface area contributed by atoms with Crippen LogP contribution in [0.3, 0.4) is 0 Å². The number of anilines is 3. The Bertz CT molecular complexity index is 689. The molecule has 2 aromatic rings. The van der Waals surface area contributed by atoms with Gasteiger partial charge < -0.3 is 16.8 Å². The van der Waals surface area contributed by atoms with Crippen molar-refractivity contribution < 1.29 is 4.79 Å². The largest absolute Gasteiger partial charge is 0.399 e. The molecule has 2 aromatic carbocycles. The number of carbonyl (C=O) groups is 1. The van der Waals surface area contributed by atoms with Gasteiger partial charge in [-0.15, -0.1) is 0 Å². The van der Waals surface area contributed by atoms with Crippen molar-refractivity contribution in [3.05, 3.63) is 51.0 Å². The summed E-state index contributed by atoms with van der Waals surface area (Å²) in [5.74, 6) is -0.580. The second-order valence-corrected chi connectivity index (χ2v) is 5.26. The molecule has 5 N–H and O–H groups in total. The number of hydrogen-bond acceptors (Lipinski definition) is 3. The van der Waals surface area contributed by atoms with E-state index in [0.717, 1.165) is 0 Å². The minimum atomic E-state index is -0.580. The molecule has 2 rings (SSSR count). The Morgan fingerprint density at radius 3 is 2.25 bits per heavy atom. The fourth-order valence-electron chi connectivity index (χ4n) is 1.64. The average molecular weight is 331 g/mol. The maximum Gasteiger partial charge on any atom is 0.250 e. The summed E-state index contributed by atoms with van der Waals surface area (Å²) < 4.78 is 0. The number of benzene rings is 2. The molecular formula is C13H10Cl3N3O. The fourth-order valence-corrected chi connectivity index (χ4v) is 2.24. The molecule has 0 aliphatic heterocycles. The second kappa shape index (κ2) is 5.79. The van der Waals surface area contributed by atoms with E-state index in [9.17, 15) is 4.79 Å². The Hall–Kier alpha value is -1.62. The lowest BCUT2D eigenvalue weighted by Crippen LogP contribution is -2.13. The van der Waals surface area contributed by atoms with Gasteiger partial charge in [0, 0.05) is 5.69 Å². The predicted octanol–water partition coefficient (Wildman–Crippen LogP) is 4.07. The summed E-state index contributed by atoms with van der Waals surface area (Å²) >= 11 is 17.9. The maximum absolute atomic E-state index is 11.4. The normalized spacial score (nSPS) is 10.3. The Kier molecular flexibility index (Phi) is 4.28. The van der Waals surface area contributed by atoms with E-state index in [4.69, 9.17) is 46.3 Å². The van der Waals surface area contributed by atoms with Crippen LogP contribution >= 0.6 is 34.8 Å². The van der Waals surface area contributed by atoms with Crippen molar-refractivity contribution in [1.82, 2.24) is 0 Å². The summed E-state index contributed by atoms with van der Waals surface area (Å²) in [5, 5.41) is 4.01. The number of halogens is 3. The van der Waals surface area contributed by atoms with Gasteiger partial charge in [-0.2, -0.15) is 0 Å². The first-order valence-corrected chi connectivity index (χ1v) is 6.63. The van der Waals surface area contributed by atoms with Crippen LogP contribution in [0.1, 0.15) is 10.4 Å². The lowest BCUT2D eigenvalue weighted by atomic mass is 10.1. The lowest BCUT2D eigenvalue weighted by molar-refractivity contribution is 0.100. The molecule has 0 saturated heterocycles. The van der Waals surface area contributed by atoms with Gasteiger partial charge in [0.05, 0.1) is 32.0 Å². The van der Waals surface area contributed by atoms with Gasteiger partial charge in [-0.3, -0.25) is 4.79 Å². The standard InChI is InChI=1S/C13H10Cl3N3O/c14-8-4-10(16)12(5-9(8)15)19-11-3-6(17)1-2-7(11)13(18)20/h1-5,19H,17H2,(H2,18,20). The van der Waals surface area contributed by atoms with Crippen molar-refractivity contribution in [3.8, 4) is 0 Å². The summed E-state index contributed by atoms with van der Waals surface area (Å²) in [4.78, 5) is 11.4. The zero-order valence-corrected chi connectivity index (χ0v) is 12.4. The van der Waals surface area contributed by atoms with E-state index in [0.29, 0.717) is 37.7 Å². The minimum Gasteiger partial charge on any atom is -0.399 e. The first-order chi connectivity index (χ1) is 9.38. The van der Waals surface area contributed by atoms with Crippen LogP contribution < -0.4 is 16.8 Å². The topological polar surface area (TPSA) is 81.1 Å². The van der Waals surface area contributed by atoms with Crippen LogP contribution in [-0.4, -0.2) is 5.91 Å².